The van der Waals surface area contributed by atoms with Crippen molar-refractivity contribution < 1.29 is 5.11 Å². The minimum Gasteiger partial charge on any atom is -0.393 e. The van der Waals surface area contributed by atoms with E-state index in [9.17, 15) is 0 Å². The van der Waals surface area contributed by atoms with E-state index in [4.69, 9.17) is 10.4 Å². The zero-order valence-corrected chi connectivity index (χ0v) is 7.45. The van der Waals surface area contributed by atoms with Crippen LogP contribution in [0, 0.1) is 11.3 Å². The molecule has 2 N–H and O–H groups in total. The van der Waals surface area contributed by atoms with Gasteiger partial charge in [-0.2, -0.15) is 5.26 Å². The first-order valence-electron chi connectivity index (χ1n) is 4.57. The Kier molecular flexibility index (Phi) is 3.51. The molecule has 0 aliphatic heterocycles. The Balaban J connectivity index is 2.16. The number of hydrogen-bond acceptors (Lipinski definition) is 3. The lowest BCUT2D eigenvalue weighted by Crippen LogP contribution is -2.48. The van der Waals surface area contributed by atoms with E-state index in [1.54, 1.807) is 0 Å². The van der Waals surface area contributed by atoms with Gasteiger partial charge in [-0.3, -0.25) is 0 Å². The Morgan fingerprint density at radius 2 is 2.33 bits per heavy atom. The van der Waals surface area contributed by atoms with Crippen LogP contribution in [-0.4, -0.2) is 23.3 Å². The highest BCUT2D eigenvalue weighted by Gasteiger charge is 2.28. The number of aliphatic hydroxyl groups excluding tert-OH is 1. The summed E-state index contributed by atoms with van der Waals surface area (Å²) in [6.07, 6.45) is 3.15. The molecule has 1 saturated carbocycles. The fraction of sp³-hybridized carbons (Fsp3) is 0.889. The summed E-state index contributed by atoms with van der Waals surface area (Å²) < 4.78 is 0. The smallest absolute Gasteiger partial charge is 0.0638 e. The van der Waals surface area contributed by atoms with Gasteiger partial charge in [0.1, 0.15) is 0 Å². The van der Waals surface area contributed by atoms with Gasteiger partial charge in [0.15, 0.2) is 0 Å². The van der Waals surface area contributed by atoms with Crippen molar-refractivity contribution in [1.82, 2.24) is 5.32 Å². The molecule has 1 aliphatic carbocycles. The monoisotopic (exact) mass is 168 g/mol. The van der Waals surface area contributed by atoms with Crippen molar-refractivity contribution in [2.45, 2.75) is 50.8 Å². The van der Waals surface area contributed by atoms with Crippen LogP contribution in [-0.2, 0) is 0 Å². The highest BCUT2D eigenvalue weighted by atomic mass is 16.3. The summed E-state index contributed by atoms with van der Waals surface area (Å²) in [6.45, 7) is 2.07. The van der Waals surface area contributed by atoms with Crippen LogP contribution in [0.25, 0.3) is 0 Å². The van der Waals surface area contributed by atoms with Crippen molar-refractivity contribution >= 4 is 0 Å². The van der Waals surface area contributed by atoms with Crippen molar-refractivity contribution in [2.24, 2.45) is 0 Å². The first-order chi connectivity index (χ1) is 5.76. The summed E-state index contributed by atoms with van der Waals surface area (Å²) in [4.78, 5) is 0. The van der Waals surface area contributed by atoms with E-state index in [0.29, 0.717) is 18.5 Å². The second-order valence-electron chi connectivity index (χ2n) is 3.46. The van der Waals surface area contributed by atoms with Crippen molar-refractivity contribution in [3.63, 3.8) is 0 Å². The van der Waals surface area contributed by atoms with Crippen LogP contribution in [0.1, 0.15) is 32.6 Å². The van der Waals surface area contributed by atoms with Crippen LogP contribution in [0.15, 0.2) is 0 Å². The Hall–Kier alpha value is -0.590. The van der Waals surface area contributed by atoms with Crippen LogP contribution in [0.5, 0.6) is 0 Å². The van der Waals surface area contributed by atoms with E-state index in [0.717, 1.165) is 19.3 Å². The van der Waals surface area contributed by atoms with E-state index in [1.807, 2.05) is 0 Å². The van der Waals surface area contributed by atoms with Crippen molar-refractivity contribution in [3.05, 3.63) is 0 Å². The third-order valence-electron chi connectivity index (χ3n) is 2.42. The fourth-order valence-corrected chi connectivity index (χ4v) is 1.49. The molecular weight excluding hydrogens is 152 g/mol. The van der Waals surface area contributed by atoms with E-state index in [-0.39, 0.29) is 6.10 Å². The molecule has 0 radical (unpaired) electrons. The first kappa shape index (κ1) is 9.50. The van der Waals surface area contributed by atoms with Crippen LogP contribution in [0.2, 0.25) is 0 Å². The minimum atomic E-state index is -0.109. The second-order valence-corrected chi connectivity index (χ2v) is 3.46. The van der Waals surface area contributed by atoms with E-state index >= 15 is 0 Å². The predicted molar refractivity (Wildman–Crippen MR) is 46.5 cm³/mol. The quantitative estimate of drug-likeness (QED) is 0.652. The summed E-state index contributed by atoms with van der Waals surface area (Å²) in [5.41, 5.74) is 0. The normalized spacial score (nSPS) is 30.4. The van der Waals surface area contributed by atoms with Crippen LogP contribution in [0.4, 0.5) is 0 Å². The summed E-state index contributed by atoms with van der Waals surface area (Å²) in [5.74, 6) is 0. The third kappa shape index (κ3) is 2.47. The van der Waals surface area contributed by atoms with Gasteiger partial charge in [0.05, 0.1) is 18.6 Å². The molecule has 0 aromatic carbocycles. The summed E-state index contributed by atoms with van der Waals surface area (Å²) in [6, 6.07) is 2.91. The van der Waals surface area contributed by atoms with Gasteiger partial charge in [-0.15, -0.1) is 0 Å². The standard InChI is InChI=1S/C9H16N2O/c1-2-7(3-4-10)11-8-5-9(12)6-8/h7-9,11-12H,2-3,5-6H2,1H3. The van der Waals surface area contributed by atoms with E-state index in [2.05, 4.69) is 18.3 Å². The largest absolute Gasteiger partial charge is 0.393 e. The predicted octanol–water partition coefficient (Wildman–Crippen LogP) is 0.792. The number of hydrogen-bond donors (Lipinski definition) is 2. The molecule has 3 nitrogen and oxygen atoms in total. The highest BCUT2D eigenvalue weighted by molar-refractivity contribution is 4.89. The van der Waals surface area contributed by atoms with Crippen molar-refractivity contribution in [3.8, 4) is 6.07 Å². The van der Waals surface area contributed by atoms with E-state index < -0.39 is 0 Å². The van der Waals surface area contributed by atoms with Gasteiger partial charge in [0, 0.05) is 12.1 Å². The molecule has 1 aliphatic rings. The molecule has 0 spiro atoms. The molecule has 1 fully saturated rings. The van der Waals surface area contributed by atoms with Gasteiger partial charge < -0.3 is 10.4 Å². The summed E-state index contributed by atoms with van der Waals surface area (Å²) in [5, 5.41) is 20.9. The lowest BCUT2D eigenvalue weighted by atomic mass is 9.88. The minimum absolute atomic E-state index is 0.109. The average Bonchev–Trinajstić information content (AvgIpc) is 2.00. The van der Waals surface area contributed by atoms with Crippen molar-refractivity contribution in [1.29, 1.82) is 5.26 Å². The van der Waals surface area contributed by atoms with Gasteiger partial charge in [-0.25, -0.2) is 0 Å². The molecule has 3 heteroatoms. The summed E-state index contributed by atoms with van der Waals surface area (Å²) >= 11 is 0. The molecule has 0 bridgehead atoms. The highest BCUT2D eigenvalue weighted by Crippen LogP contribution is 2.20. The zero-order valence-electron chi connectivity index (χ0n) is 7.45. The Morgan fingerprint density at radius 3 is 2.75 bits per heavy atom. The fourth-order valence-electron chi connectivity index (χ4n) is 1.49. The zero-order chi connectivity index (χ0) is 8.97. The molecule has 12 heavy (non-hydrogen) atoms. The molecule has 1 unspecified atom stereocenters. The molecule has 1 atom stereocenters. The SMILES string of the molecule is CCC(CC#N)NC1CC(O)C1. The van der Waals surface area contributed by atoms with Gasteiger partial charge >= 0.3 is 0 Å². The average molecular weight is 168 g/mol. The maximum atomic E-state index is 9.03. The van der Waals surface area contributed by atoms with Gasteiger partial charge in [0.2, 0.25) is 0 Å². The number of nitrogens with zero attached hydrogens (tertiary/aromatic N) is 1. The topological polar surface area (TPSA) is 56.0 Å². The number of aliphatic hydroxyl groups is 1. The maximum absolute atomic E-state index is 9.03. The number of nitriles is 1. The molecule has 1 rings (SSSR count). The van der Waals surface area contributed by atoms with Crippen LogP contribution < -0.4 is 5.32 Å². The second kappa shape index (κ2) is 4.44. The van der Waals surface area contributed by atoms with E-state index in [1.165, 1.54) is 0 Å². The Bertz CT molecular complexity index is 170. The molecule has 0 heterocycles. The molecule has 0 saturated heterocycles. The molecule has 0 aromatic heterocycles. The van der Waals surface area contributed by atoms with Crippen molar-refractivity contribution in [2.75, 3.05) is 0 Å². The number of rotatable bonds is 4. The van der Waals surface area contributed by atoms with Gasteiger partial charge in [-0.05, 0) is 19.3 Å². The molecule has 68 valence electrons. The molecule has 0 amide bonds. The third-order valence-corrected chi connectivity index (χ3v) is 2.42. The van der Waals surface area contributed by atoms with Gasteiger partial charge in [-0.1, -0.05) is 6.92 Å². The lowest BCUT2D eigenvalue weighted by Gasteiger charge is -2.34. The van der Waals surface area contributed by atoms with Gasteiger partial charge in [0.25, 0.3) is 0 Å². The number of nitrogens with one attached hydrogen (secondary N) is 1. The lowest BCUT2D eigenvalue weighted by molar-refractivity contribution is 0.0577. The summed E-state index contributed by atoms with van der Waals surface area (Å²) in [7, 11) is 0. The van der Waals surface area contributed by atoms with Crippen LogP contribution in [0.3, 0.4) is 0 Å². The molecular formula is C9H16N2O. The Labute approximate surface area is 73.4 Å². The Morgan fingerprint density at radius 1 is 1.67 bits per heavy atom. The maximum Gasteiger partial charge on any atom is 0.0638 e. The molecule has 0 aromatic rings. The van der Waals surface area contributed by atoms with Crippen LogP contribution >= 0.6 is 0 Å². The first-order valence-corrected chi connectivity index (χ1v) is 4.57.